The van der Waals surface area contributed by atoms with Crippen LogP contribution in [0.1, 0.15) is 29.9 Å². The molecule has 1 N–H and O–H groups in total. The maximum absolute atomic E-state index is 3.42. The van der Waals surface area contributed by atoms with E-state index < -0.39 is 0 Å². The lowest BCUT2D eigenvalue weighted by Gasteiger charge is -2.18. The first kappa shape index (κ1) is 15.3. The second kappa shape index (κ2) is 6.07. The molecule has 1 saturated carbocycles. The molecule has 1 aromatic carbocycles. The van der Waals surface area contributed by atoms with Crippen molar-refractivity contribution in [2.75, 3.05) is 0 Å². The number of benzene rings is 1. The first-order chi connectivity index (χ1) is 12.8. The van der Waals surface area contributed by atoms with Gasteiger partial charge in [0, 0.05) is 29.5 Å². The highest BCUT2D eigenvalue weighted by Gasteiger charge is 2.25. The van der Waals surface area contributed by atoms with Gasteiger partial charge in [0.15, 0.2) is 0 Å². The van der Waals surface area contributed by atoms with E-state index in [1.54, 1.807) is 0 Å². The van der Waals surface area contributed by atoms with Crippen molar-refractivity contribution in [3.63, 3.8) is 0 Å². The molecule has 0 bridgehead atoms. The van der Waals surface area contributed by atoms with Gasteiger partial charge in [0.1, 0.15) is 0 Å². The van der Waals surface area contributed by atoms with Gasteiger partial charge < -0.3 is 5.32 Å². The van der Waals surface area contributed by atoms with Gasteiger partial charge in [0.05, 0.1) is 0 Å². The molecule has 0 saturated heterocycles. The van der Waals surface area contributed by atoms with Crippen molar-refractivity contribution in [3.05, 3.63) is 99.1 Å². The van der Waals surface area contributed by atoms with Gasteiger partial charge in [-0.25, -0.2) is 0 Å². The maximum atomic E-state index is 3.42. The zero-order valence-electron chi connectivity index (χ0n) is 14.8. The first-order valence-electron chi connectivity index (χ1n) is 9.24. The van der Waals surface area contributed by atoms with Gasteiger partial charge in [0.2, 0.25) is 0 Å². The first-order valence-corrected chi connectivity index (χ1v) is 9.24. The average molecular weight is 334 g/mol. The summed E-state index contributed by atoms with van der Waals surface area (Å²) in [6, 6.07) is 4.57. The highest BCUT2D eigenvalue weighted by molar-refractivity contribution is 5.70. The molecule has 1 heteroatoms. The Morgan fingerprint density at radius 2 is 2.00 bits per heavy atom. The number of hydrogen-bond donors (Lipinski definition) is 1. The van der Waals surface area contributed by atoms with E-state index in [1.165, 1.54) is 34.4 Å². The van der Waals surface area contributed by atoms with Crippen molar-refractivity contribution >= 4 is 12.2 Å². The Morgan fingerprint density at radius 3 is 2.88 bits per heavy atom. The van der Waals surface area contributed by atoms with E-state index in [-0.39, 0.29) is 0 Å². The summed E-state index contributed by atoms with van der Waals surface area (Å²) in [5, 5.41) is 5.85. The summed E-state index contributed by atoms with van der Waals surface area (Å²) >= 11 is 0. The summed E-state index contributed by atoms with van der Waals surface area (Å²) in [5.74, 6) is 7.52. The van der Waals surface area contributed by atoms with Crippen LogP contribution < -0.4 is 15.8 Å². The molecule has 1 nitrogen and oxygen atoms in total. The van der Waals surface area contributed by atoms with E-state index in [9.17, 15) is 0 Å². The van der Waals surface area contributed by atoms with Crippen LogP contribution in [-0.2, 0) is 0 Å². The molecule has 1 aromatic rings. The van der Waals surface area contributed by atoms with Gasteiger partial charge in [-0.05, 0) is 65.0 Å². The van der Waals surface area contributed by atoms with E-state index in [0.717, 1.165) is 28.3 Å². The standard InChI is InChI=1S/C25H20N/c1-17-21-6-4-7-23-20(13-15-25-24(23)5-2-3-16-26-25)11-10-19(21)12-14-22(17)18-8-9-18/h2-3,5-6,10-16,18,26H,8-9H2,1H3/b19-10-,20-11-,21-6+. The second-order valence-electron chi connectivity index (χ2n) is 7.16. The molecule has 1 heterocycles. The van der Waals surface area contributed by atoms with Crippen molar-refractivity contribution in [1.29, 1.82) is 0 Å². The molecular formula is C25H20N. The Bertz CT molecular complexity index is 1130. The second-order valence-corrected chi connectivity index (χ2v) is 7.16. The number of fused-ring (bicyclic) bond motifs is 3. The minimum atomic E-state index is 0.759. The smallest absolute Gasteiger partial charge is 0.0432 e. The topological polar surface area (TPSA) is 12.0 Å². The third kappa shape index (κ3) is 2.59. The molecule has 0 amide bonds. The summed E-state index contributed by atoms with van der Waals surface area (Å²) in [6.07, 6.45) is 21.6. The number of allylic oxidation sites excluding steroid dienone is 7. The Kier molecular flexibility index (Phi) is 3.57. The SMILES string of the molecule is Cc1c(C2CC2)ccc2/c1=C/C#CC1=C3C=CC=CNC3=C[CH]\C1=C\C=2. The van der Waals surface area contributed by atoms with Crippen LogP contribution in [0.2, 0.25) is 0 Å². The van der Waals surface area contributed by atoms with Crippen molar-refractivity contribution in [2.24, 2.45) is 0 Å². The molecule has 0 unspecified atom stereocenters. The molecule has 0 atom stereocenters. The third-order valence-electron chi connectivity index (χ3n) is 5.45. The molecule has 1 aliphatic heterocycles. The summed E-state index contributed by atoms with van der Waals surface area (Å²) in [7, 11) is 0. The molecule has 1 radical (unpaired) electrons. The molecule has 3 aliphatic carbocycles. The zero-order valence-corrected chi connectivity index (χ0v) is 14.8. The Hall–Kier alpha value is -2.98. The minimum absolute atomic E-state index is 0.759. The van der Waals surface area contributed by atoms with E-state index in [1.807, 2.05) is 12.3 Å². The summed E-state index contributed by atoms with van der Waals surface area (Å²) in [6.45, 7) is 2.24. The molecule has 0 spiro atoms. The fourth-order valence-electron chi connectivity index (χ4n) is 3.86. The molecule has 0 aromatic heterocycles. The zero-order chi connectivity index (χ0) is 17.5. The van der Waals surface area contributed by atoms with Gasteiger partial charge in [-0.15, -0.1) is 0 Å². The van der Waals surface area contributed by atoms with Crippen LogP contribution in [0.4, 0.5) is 0 Å². The lowest BCUT2D eigenvalue weighted by atomic mass is 9.89. The van der Waals surface area contributed by atoms with Gasteiger partial charge in [-0.1, -0.05) is 54.4 Å². The van der Waals surface area contributed by atoms with Crippen LogP contribution in [0.5, 0.6) is 0 Å². The van der Waals surface area contributed by atoms with Gasteiger partial charge in [-0.3, -0.25) is 0 Å². The van der Waals surface area contributed by atoms with Gasteiger partial charge in [-0.2, -0.15) is 0 Å². The van der Waals surface area contributed by atoms with E-state index >= 15 is 0 Å². The number of rotatable bonds is 1. The van der Waals surface area contributed by atoms with Crippen molar-refractivity contribution in [3.8, 4) is 11.8 Å². The highest BCUT2D eigenvalue weighted by Crippen LogP contribution is 2.40. The fourth-order valence-corrected chi connectivity index (χ4v) is 3.86. The number of hydrogen-bond acceptors (Lipinski definition) is 1. The maximum Gasteiger partial charge on any atom is 0.0432 e. The molecule has 26 heavy (non-hydrogen) atoms. The molecule has 1 fully saturated rings. The van der Waals surface area contributed by atoms with E-state index in [4.69, 9.17) is 0 Å². The lowest BCUT2D eigenvalue weighted by Crippen LogP contribution is -2.28. The van der Waals surface area contributed by atoms with Crippen LogP contribution in [0.15, 0.2) is 71.1 Å². The van der Waals surface area contributed by atoms with E-state index in [0.29, 0.717) is 0 Å². The molecule has 5 rings (SSSR count). The molecular weight excluding hydrogens is 314 g/mol. The lowest BCUT2D eigenvalue weighted by molar-refractivity contribution is 1.07. The van der Waals surface area contributed by atoms with Crippen LogP contribution in [0, 0.1) is 25.2 Å². The van der Waals surface area contributed by atoms with Crippen LogP contribution in [-0.4, -0.2) is 0 Å². The monoisotopic (exact) mass is 334 g/mol. The third-order valence-corrected chi connectivity index (χ3v) is 5.45. The molecule has 125 valence electrons. The van der Waals surface area contributed by atoms with Crippen LogP contribution in [0.3, 0.4) is 0 Å². The largest absolute Gasteiger partial charge is 0.361 e. The highest BCUT2D eigenvalue weighted by atomic mass is 14.9. The Balaban J connectivity index is 1.72. The summed E-state index contributed by atoms with van der Waals surface area (Å²) < 4.78 is 0. The van der Waals surface area contributed by atoms with Gasteiger partial charge in [0.25, 0.3) is 0 Å². The number of nitrogens with one attached hydrogen (secondary N) is 1. The predicted octanol–water partition coefficient (Wildman–Crippen LogP) is 3.45. The molecule has 4 aliphatic rings. The minimum Gasteiger partial charge on any atom is -0.361 e. The Morgan fingerprint density at radius 1 is 1.08 bits per heavy atom. The van der Waals surface area contributed by atoms with Crippen molar-refractivity contribution < 1.29 is 0 Å². The quantitative estimate of drug-likeness (QED) is 0.776. The summed E-state index contributed by atoms with van der Waals surface area (Å²) in [5.41, 5.74) is 7.38. The van der Waals surface area contributed by atoms with Crippen molar-refractivity contribution in [1.82, 2.24) is 5.32 Å². The van der Waals surface area contributed by atoms with Crippen LogP contribution >= 0.6 is 0 Å². The Labute approximate surface area is 154 Å². The normalized spacial score (nSPS) is 24.7. The fraction of sp³-hybridized carbons (Fsp3) is 0.160. The predicted molar refractivity (Wildman–Crippen MR) is 108 cm³/mol. The average Bonchev–Trinajstić information content (AvgIpc) is 3.48. The van der Waals surface area contributed by atoms with Crippen molar-refractivity contribution in [2.45, 2.75) is 25.7 Å². The summed E-state index contributed by atoms with van der Waals surface area (Å²) in [4.78, 5) is 0. The van der Waals surface area contributed by atoms with Gasteiger partial charge >= 0.3 is 0 Å². The van der Waals surface area contributed by atoms with E-state index in [2.05, 4.69) is 79.1 Å². The van der Waals surface area contributed by atoms with Crippen LogP contribution in [0.25, 0.3) is 12.2 Å².